The molecule has 98 valence electrons. The fourth-order valence-electron chi connectivity index (χ4n) is 1.85. The lowest BCUT2D eigenvalue weighted by atomic mass is 9.99. The van der Waals surface area contributed by atoms with Gasteiger partial charge in [-0.1, -0.05) is 29.8 Å². The van der Waals surface area contributed by atoms with Crippen molar-refractivity contribution in [2.45, 2.75) is 20.3 Å². The van der Waals surface area contributed by atoms with E-state index < -0.39 is 5.82 Å². The van der Waals surface area contributed by atoms with Crippen LogP contribution in [0.4, 0.5) is 4.39 Å². The Bertz CT molecular complexity index is 635. The Kier molecular flexibility index (Phi) is 4.01. The molecule has 2 rings (SSSR count). The summed E-state index contributed by atoms with van der Waals surface area (Å²) in [5, 5.41) is 0.289. The van der Waals surface area contributed by atoms with Gasteiger partial charge in [-0.25, -0.2) is 4.39 Å². The minimum Gasteiger partial charge on any atom is -0.294 e. The summed E-state index contributed by atoms with van der Waals surface area (Å²) in [6.07, 6.45) is 0.182. The van der Waals surface area contributed by atoms with Gasteiger partial charge >= 0.3 is 0 Å². The molecular weight excluding hydrogens is 263 g/mol. The third-order valence-corrected chi connectivity index (χ3v) is 3.55. The maximum atomic E-state index is 12.9. The number of carbonyl (C=O) groups is 1. The van der Waals surface area contributed by atoms with E-state index in [4.69, 9.17) is 11.6 Å². The van der Waals surface area contributed by atoms with Crippen molar-refractivity contribution in [1.29, 1.82) is 0 Å². The van der Waals surface area contributed by atoms with Gasteiger partial charge in [-0.3, -0.25) is 4.79 Å². The van der Waals surface area contributed by atoms with E-state index in [9.17, 15) is 9.18 Å². The van der Waals surface area contributed by atoms with Gasteiger partial charge in [0.25, 0.3) is 0 Å². The van der Waals surface area contributed by atoms with Crippen molar-refractivity contribution in [1.82, 2.24) is 0 Å². The normalized spacial score (nSPS) is 10.5. The maximum Gasteiger partial charge on any atom is 0.167 e. The topological polar surface area (TPSA) is 17.1 Å². The van der Waals surface area contributed by atoms with E-state index >= 15 is 0 Å². The zero-order chi connectivity index (χ0) is 14.0. The molecule has 0 saturated carbocycles. The third-order valence-electron chi connectivity index (χ3n) is 3.20. The first-order valence-electron chi connectivity index (χ1n) is 6.02. The van der Waals surface area contributed by atoms with Crippen molar-refractivity contribution in [3.05, 3.63) is 69.5 Å². The summed E-state index contributed by atoms with van der Waals surface area (Å²) in [4.78, 5) is 12.2. The summed E-state index contributed by atoms with van der Waals surface area (Å²) >= 11 is 5.93. The molecule has 0 spiro atoms. The highest BCUT2D eigenvalue weighted by Crippen LogP contribution is 2.20. The Labute approximate surface area is 117 Å². The van der Waals surface area contributed by atoms with E-state index in [0.29, 0.717) is 11.1 Å². The standard InChI is InChI=1S/C16H14ClFO/c1-10-3-4-13(7-11(10)2)16(19)8-12-5-6-14(18)9-15(12)17/h3-7,9H,8H2,1-2H3. The summed E-state index contributed by atoms with van der Waals surface area (Å²) in [5.74, 6) is -0.413. The molecule has 0 bridgehead atoms. The molecule has 0 unspecified atom stereocenters. The number of hydrogen-bond donors (Lipinski definition) is 0. The van der Waals surface area contributed by atoms with Crippen molar-refractivity contribution in [2.75, 3.05) is 0 Å². The van der Waals surface area contributed by atoms with E-state index in [0.717, 1.165) is 11.1 Å². The zero-order valence-corrected chi connectivity index (χ0v) is 11.6. The first-order chi connectivity index (χ1) is 8.97. The van der Waals surface area contributed by atoms with Crippen LogP contribution in [0, 0.1) is 19.7 Å². The lowest BCUT2D eigenvalue weighted by molar-refractivity contribution is 0.0993. The van der Waals surface area contributed by atoms with E-state index in [2.05, 4.69) is 0 Å². The summed E-state index contributed by atoms with van der Waals surface area (Å²) in [6, 6.07) is 9.70. The monoisotopic (exact) mass is 276 g/mol. The predicted molar refractivity (Wildman–Crippen MR) is 75.4 cm³/mol. The Morgan fingerprint density at radius 3 is 2.47 bits per heavy atom. The van der Waals surface area contributed by atoms with Gasteiger partial charge in [-0.2, -0.15) is 0 Å². The number of rotatable bonds is 3. The van der Waals surface area contributed by atoms with Gasteiger partial charge in [-0.15, -0.1) is 0 Å². The molecule has 3 heteroatoms. The maximum absolute atomic E-state index is 12.9. The molecule has 0 saturated heterocycles. The molecule has 0 amide bonds. The van der Waals surface area contributed by atoms with Crippen molar-refractivity contribution >= 4 is 17.4 Å². The van der Waals surface area contributed by atoms with Gasteiger partial charge < -0.3 is 0 Å². The molecule has 0 radical (unpaired) electrons. The van der Waals surface area contributed by atoms with Crippen LogP contribution in [0.15, 0.2) is 36.4 Å². The second kappa shape index (κ2) is 5.54. The van der Waals surface area contributed by atoms with E-state index in [-0.39, 0.29) is 17.2 Å². The van der Waals surface area contributed by atoms with Crippen molar-refractivity contribution in [3.8, 4) is 0 Å². The fourth-order valence-corrected chi connectivity index (χ4v) is 2.09. The highest BCUT2D eigenvalue weighted by Gasteiger charge is 2.11. The molecule has 2 aromatic carbocycles. The average molecular weight is 277 g/mol. The average Bonchev–Trinajstić information content (AvgIpc) is 2.36. The number of carbonyl (C=O) groups excluding carboxylic acids is 1. The van der Waals surface area contributed by atoms with E-state index in [1.807, 2.05) is 32.0 Å². The second-order valence-electron chi connectivity index (χ2n) is 4.63. The summed E-state index contributed by atoms with van der Waals surface area (Å²) < 4.78 is 12.9. The van der Waals surface area contributed by atoms with E-state index in [1.54, 1.807) is 6.07 Å². The number of halogens is 2. The summed E-state index contributed by atoms with van der Waals surface area (Å²) in [6.45, 7) is 3.97. The Hall–Kier alpha value is -1.67. The van der Waals surface area contributed by atoms with Gasteiger partial charge in [-0.05, 0) is 48.7 Å². The Morgan fingerprint density at radius 1 is 1.11 bits per heavy atom. The largest absolute Gasteiger partial charge is 0.294 e. The van der Waals surface area contributed by atoms with Crippen LogP contribution in [-0.4, -0.2) is 5.78 Å². The predicted octanol–water partition coefficient (Wildman–Crippen LogP) is 4.52. The highest BCUT2D eigenvalue weighted by molar-refractivity contribution is 6.31. The van der Waals surface area contributed by atoms with E-state index in [1.165, 1.54) is 12.1 Å². The quantitative estimate of drug-likeness (QED) is 0.753. The molecule has 0 atom stereocenters. The van der Waals surface area contributed by atoms with Crippen LogP contribution < -0.4 is 0 Å². The first-order valence-corrected chi connectivity index (χ1v) is 6.39. The molecule has 0 aromatic heterocycles. The number of benzene rings is 2. The first kappa shape index (κ1) is 13.8. The minimum atomic E-state index is -0.396. The van der Waals surface area contributed by atoms with Crippen LogP contribution in [0.5, 0.6) is 0 Å². The number of hydrogen-bond acceptors (Lipinski definition) is 1. The SMILES string of the molecule is Cc1ccc(C(=O)Cc2ccc(F)cc2Cl)cc1C. The van der Waals surface area contributed by atoms with Crippen LogP contribution in [0.25, 0.3) is 0 Å². The summed E-state index contributed by atoms with van der Waals surface area (Å²) in [7, 11) is 0. The van der Waals surface area contributed by atoms with Gasteiger partial charge in [0.1, 0.15) is 5.82 Å². The lowest BCUT2D eigenvalue weighted by Crippen LogP contribution is -2.05. The van der Waals surface area contributed by atoms with Gasteiger partial charge in [0.15, 0.2) is 5.78 Å². The fraction of sp³-hybridized carbons (Fsp3) is 0.188. The Balaban J connectivity index is 2.23. The molecule has 0 aliphatic carbocycles. The van der Waals surface area contributed by atoms with Crippen LogP contribution in [0.3, 0.4) is 0 Å². The molecule has 0 aliphatic rings. The molecule has 0 N–H and O–H groups in total. The molecule has 0 fully saturated rings. The second-order valence-corrected chi connectivity index (χ2v) is 5.04. The van der Waals surface area contributed by atoms with Gasteiger partial charge in [0, 0.05) is 17.0 Å². The van der Waals surface area contributed by atoms with Crippen molar-refractivity contribution < 1.29 is 9.18 Å². The van der Waals surface area contributed by atoms with Crippen LogP contribution >= 0.6 is 11.6 Å². The van der Waals surface area contributed by atoms with Gasteiger partial charge in [0.2, 0.25) is 0 Å². The molecule has 0 heterocycles. The molecule has 1 nitrogen and oxygen atoms in total. The van der Waals surface area contributed by atoms with Gasteiger partial charge in [0.05, 0.1) is 0 Å². The smallest absolute Gasteiger partial charge is 0.167 e. The number of ketones is 1. The zero-order valence-electron chi connectivity index (χ0n) is 10.8. The highest BCUT2D eigenvalue weighted by atomic mass is 35.5. The van der Waals surface area contributed by atoms with Crippen molar-refractivity contribution in [2.24, 2.45) is 0 Å². The minimum absolute atomic E-state index is 0.0170. The van der Waals surface area contributed by atoms with Crippen LogP contribution in [-0.2, 0) is 6.42 Å². The van der Waals surface area contributed by atoms with Crippen LogP contribution in [0.1, 0.15) is 27.0 Å². The number of aryl methyl sites for hydroxylation is 2. The van der Waals surface area contributed by atoms with Crippen molar-refractivity contribution in [3.63, 3.8) is 0 Å². The molecule has 2 aromatic rings. The summed E-state index contributed by atoms with van der Waals surface area (Å²) in [5.41, 5.74) is 3.53. The molecule has 19 heavy (non-hydrogen) atoms. The Morgan fingerprint density at radius 2 is 1.84 bits per heavy atom. The lowest BCUT2D eigenvalue weighted by Gasteiger charge is -2.06. The molecular formula is C16H14ClFO. The molecule has 0 aliphatic heterocycles. The third kappa shape index (κ3) is 3.21. The van der Waals surface area contributed by atoms with Crippen LogP contribution in [0.2, 0.25) is 5.02 Å². The number of Topliss-reactive ketones (excluding diaryl/α,β-unsaturated/α-hetero) is 1.